The molecule has 0 radical (unpaired) electrons. The van der Waals surface area contributed by atoms with E-state index in [1.807, 2.05) is 0 Å². The summed E-state index contributed by atoms with van der Waals surface area (Å²) in [4.78, 5) is 0. The number of hydrogen-bond donors (Lipinski definition) is 0. The van der Waals surface area contributed by atoms with E-state index in [2.05, 4.69) is 8.37 Å². The van der Waals surface area contributed by atoms with Crippen molar-refractivity contribution in [3.05, 3.63) is 0 Å². The number of unbranched alkanes of at least 4 members (excludes halogenated alkanes) is 1. The van der Waals surface area contributed by atoms with Crippen molar-refractivity contribution < 1.29 is 25.2 Å². The van der Waals surface area contributed by atoms with Crippen molar-refractivity contribution in [2.24, 2.45) is 0 Å². The molecule has 0 aliphatic carbocycles. The molecule has 0 heterocycles. The van der Waals surface area contributed by atoms with Crippen molar-refractivity contribution in [1.82, 2.24) is 0 Å². The second kappa shape index (κ2) is 5.64. The van der Waals surface area contributed by atoms with Gasteiger partial charge in [0.2, 0.25) is 0 Å². The fourth-order valence-corrected chi connectivity index (χ4v) is 1.82. The molecular formula is C6H14O6S2. The van der Waals surface area contributed by atoms with Crippen LogP contribution in [0.4, 0.5) is 0 Å². The van der Waals surface area contributed by atoms with Gasteiger partial charge >= 0.3 is 0 Å². The quantitative estimate of drug-likeness (QED) is 0.453. The van der Waals surface area contributed by atoms with Crippen molar-refractivity contribution in [2.75, 3.05) is 25.7 Å². The molecule has 86 valence electrons. The molecule has 0 saturated heterocycles. The fraction of sp³-hybridized carbons (Fsp3) is 1.00. The Labute approximate surface area is 84.5 Å². The molecule has 6 nitrogen and oxygen atoms in total. The standard InChI is InChI=1S/C6H14O6S2/c1-11-14(9,10)6-4-3-5-12-13(2,7)8/h3-6H2,1-2H3. The monoisotopic (exact) mass is 246 g/mol. The Morgan fingerprint density at radius 1 is 1.07 bits per heavy atom. The van der Waals surface area contributed by atoms with Gasteiger partial charge in [0.05, 0.1) is 25.7 Å². The minimum atomic E-state index is -3.44. The van der Waals surface area contributed by atoms with Crippen LogP contribution in [0.25, 0.3) is 0 Å². The topological polar surface area (TPSA) is 86.7 Å². The predicted octanol–water partition coefficient (Wildman–Crippen LogP) is -0.281. The van der Waals surface area contributed by atoms with Gasteiger partial charge in [-0.15, -0.1) is 0 Å². The second-order valence-corrected chi connectivity index (χ2v) is 6.16. The fourth-order valence-electron chi connectivity index (χ4n) is 0.675. The molecule has 8 heteroatoms. The van der Waals surface area contributed by atoms with Crippen LogP contribution < -0.4 is 0 Å². The van der Waals surface area contributed by atoms with E-state index in [1.54, 1.807) is 0 Å². The van der Waals surface area contributed by atoms with Gasteiger partial charge in [-0.2, -0.15) is 16.8 Å². The van der Waals surface area contributed by atoms with E-state index in [0.717, 1.165) is 13.4 Å². The second-order valence-electron chi connectivity index (χ2n) is 2.66. The van der Waals surface area contributed by atoms with Crippen molar-refractivity contribution in [3.8, 4) is 0 Å². The summed E-state index contributed by atoms with van der Waals surface area (Å²) in [5.74, 6) is -0.128. The molecule has 0 spiro atoms. The van der Waals surface area contributed by atoms with Crippen LogP contribution in [0.1, 0.15) is 12.8 Å². The van der Waals surface area contributed by atoms with Gasteiger partial charge in [-0.05, 0) is 12.8 Å². The Bertz CT molecular complexity index is 341. The molecule has 0 unspecified atom stereocenters. The third-order valence-electron chi connectivity index (χ3n) is 1.34. The zero-order valence-electron chi connectivity index (χ0n) is 8.09. The highest BCUT2D eigenvalue weighted by Gasteiger charge is 2.08. The molecule has 14 heavy (non-hydrogen) atoms. The smallest absolute Gasteiger partial charge is 0.267 e. The molecule has 0 N–H and O–H groups in total. The lowest BCUT2D eigenvalue weighted by molar-refractivity contribution is 0.313. The lowest BCUT2D eigenvalue weighted by Gasteiger charge is -2.01. The molecule has 0 aromatic heterocycles. The summed E-state index contributed by atoms with van der Waals surface area (Å²) in [6.07, 6.45) is 1.61. The number of rotatable bonds is 7. The van der Waals surface area contributed by atoms with Gasteiger partial charge in [0.1, 0.15) is 0 Å². The van der Waals surface area contributed by atoms with Crippen molar-refractivity contribution >= 4 is 20.2 Å². The van der Waals surface area contributed by atoms with Gasteiger partial charge < -0.3 is 0 Å². The lowest BCUT2D eigenvalue weighted by atomic mass is 10.4. The normalized spacial score (nSPS) is 13.0. The maximum Gasteiger partial charge on any atom is 0.267 e. The van der Waals surface area contributed by atoms with Gasteiger partial charge in [-0.25, -0.2) is 0 Å². The molecule has 0 fully saturated rings. The SMILES string of the molecule is COS(=O)(=O)CCCCOS(C)(=O)=O. The molecular weight excluding hydrogens is 232 g/mol. The summed E-state index contributed by atoms with van der Waals surface area (Å²) >= 11 is 0. The van der Waals surface area contributed by atoms with E-state index < -0.39 is 20.2 Å². The average Bonchev–Trinajstić information content (AvgIpc) is 2.01. The van der Waals surface area contributed by atoms with E-state index in [0.29, 0.717) is 12.8 Å². The lowest BCUT2D eigenvalue weighted by Crippen LogP contribution is -2.09. The Balaban J connectivity index is 3.59. The van der Waals surface area contributed by atoms with Crippen LogP contribution in [0.2, 0.25) is 0 Å². The summed E-state index contributed by atoms with van der Waals surface area (Å²) in [6.45, 7) is -0.00192. The van der Waals surface area contributed by atoms with Crippen LogP contribution in [0.5, 0.6) is 0 Å². The first kappa shape index (κ1) is 13.8. The third kappa shape index (κ3) is 8.42. The summed E-state index contributed by atoms with van der Waals surface area (Å²) < 4.78 is 51.1. The van der Waals surface area contributed by atoms with Crippen LogP contribution in [-0.4, -0.2) is 42.6 Å². The first-order valence-electron chi connectivity index (χ1n) is 3.89. The summed E-state index contributed by atoms with van der Waals surface area (Å²) in [5.41, 5.74) is 0. The Morgan fingerprint density at radius 3 is 2.07 bits per heavy atom. The van der Waals surface area contributed by atoms with E-state index >= 15 is 0 Å². The van der Waals surface area contributed by atoms with Gasteiger partial charge in [-0.3, -0.25) is 8.37 Å². The minimum absolute atomic E-state index is 0.00192. The van der Waals surface area contributed by atoms with Crippen molar-refractivity contribution in [3.63, 3.8) is 0 Å². The van der Waals surface area contributed by atoms with E-state index in [4.69, 9.17) is 0 Å². The molecule has 0 rings (SSSR count). The van der Waals surface area contributed by atoms with Crippen LogP contribution in [0.3, 0.4) is 0 Å². The summed E-state index contributed by atoms with van der Waals surface area (Å²) in [6, 6.07) is 0. The largest absolute Gasteiger partial charge is 0.273 e. The average molecular weight is 246 g/mol. The Hall–Kier alpha value is -0.180. The predicted molar refractivity (Wildman–Crippen MR) is 50.8 cm³/mol. The molecule has 0 saturated carbocycles. The first-order valence-corrected chi connectivity index (χ1v) is 7.29. The van der Waals surface area contributed by atoms with E-state index in [-0.39, 0.29) is 12.4 Å². The third-order valence-corrected chi connectivity index (χ3v) is 3.23. The molecule has 0 aromatic carbocycles. The molecule has 0 amide bonds. The van der Waals surface area contributed by atoms with Crippen molar-refractivity contribution in [2.45, 2.75) is 12.8 Å². The van der Waals surface area contributed by atoms with Crippen LogP contribution in [0.15, 0.2) is 0 Å². The number of hydrogen-bond acceptors (Lipinski definition) is 6. The van der Waals surface area contributed by atoms with Gasteiger partial charge in [-0.1, -0.05) is 0 Å². The highest BCUT2D eigenvalue weighted by atomic mass is 32.2. The van der Waals surface area contributed by atoms with Crippen LogP contribution in [-0.2, 0) is 28.6 Å². The Morgan fingerprint density at radius 2 is 1.64 bits per heavy atom. The van der Waals surface area contributed by atoms with Gasteiger partial charge in [0, 0.05) is 0 Å². The minimum Gasteiger partial charge on any atom is -0.273 e. The highest BCUT2D eigenvalue weighted by Crippen LogP contribution is 1.99. The van der Waals surface area contributed by atoms with Gasteiger partial charge in [0.15, 0.2) is 0 Å². The van der Waals surface area contributed by atoms with Crippen LogP contribution in [0, 0.1) is 0 Å². The molecule has 0 atom stereocenters. The highest BCUT2D eigenvalue weighted by molar-refractivity contribution is 7.86. The maximum absolute atomic E-state index is 10.8. The Kier molecular flexibility index (Phi) is 5.57. The molecule has 0 bridgehead atoms. The maximum atomic E-state index is 10.8. The zero-order valence-corrected chi connectivity index (χ0v) is 9.73. The van der Waals surface area contributed by atoms with Crippen LogP contribution >= 0.6 is 0 Å². The summed E-state index contributed by atoms with van der Waals surface area (Å²) in [7, 11) is -5.78. The molecule has 0 aliphatic rings. The first-order chi connectivity index (χ1) is 6.27. The molecule has 0 aliphatic heterocycles. The van der Waals surface area contributed by atoms with Crippen molar-refractivity contribution in [1.29, 1.82) is 0 Å². The van der Waals surface area contributed by atoms with E-state index in [1.165, 1.54) is 0 Å². The zero-order chi connectivity index (χ0) is 11.2. The summed E-state index contributed by atoms with van der Waals surface area (Å²) in [5, 5.41) is 0. The van der Waals surface area contributed by atoms with E-state index in [9.17, 15) is 16.8 Å². The van der Waals surface area contributed by atoms with Gasteiger partial charge in [0.25, 0.3) is 20.2 Å². The molecule has 0 aromatic rings.